The highest BCUT2D eigenvalue weighted by molar-refractivity contribution is 5.05. The molecule has 0 aromatic heterocycles. The van der Waals surface area contributed by atoms with Crippen LogP contribution in [0.2, 0.25) is 0 Å². The molecule has 17 heavy (non-hydrogen) atoms. The molecule has 0 aromatic carbocycles. The third kappa shape index (κ3) is 3.56. The standard InChI is InChI=1S/C15H28N2/c1-14-7-6-10-17(11-14)13-15(12-16)8-4-2-3-5-9-15/h7H,2-6,8-13,16H2,1H3. The van der Waals surface area contributed by atoms with Crippen LogP contribution in [0.5, 0.6) is 0 Å². The largest absolute Gasteiger partial charge is 0.330 e. The first-order chi connectivity index (χ1) is 8.24. The Hall–Kier alpha value is -0.340. The van der Waals surface area contributed by atoms with Crippen LogP contribution in [0.3, 0.4) is 0 Å². The van der Waals surface area contributed by atoms with Crippen molar-refractivity contribution in [2.45, 2.75) is 51.9 Å². The minimum atomic E-state index is 0.425. The first kappa shape index (κ1) is 13.1. The fourth-order valence-corrected chi connectivity index (χ4v) is 3.50. The van der Waals surface area contributed by atoms with Gasteiger partial charge < -0.3 is 5.73 Å². The van der Waals surface area contributed by atoms with Crippen molar-refractivity contribution in [3.05, 3.63) is 11.6 Å². The molecule has 0 bridgehead atoms. The zero-order valence-electron chi connectivity index (χ0n) is 11.4. The zero-order valence-corrected chi connectivity index (χ0v) is 11.4. The fourth-order valence-electron chi connectivity index (χ4n) is 3.50. The van der Waals surface area contributed by atoms with E-state index in [0.29, 0.717) is 5.41 Å². The minimum Gasteiger partial charge on any atom is -0.330 e. The molecular formula is C15H28N2. The van der Waals surface area contributed by atoms with Gasteiger partial charge >= 0.3 is 0 Å². The van der Waals surface area contributed by atoms with Gasteiger partial charge in [0.15, 0.2) is 0 Å². The number of hydrogen-bond acceptors (Lipinski definition) is 2. The minimum absolute atomic E-state index is 0.425. The first-order valence-electron chi connectivity index (χ1n) is 7.32. The van der Waals surface area contributed by atoms with Gasteiger partial charge in [0.1, 0.15) is 0 Å². The van der Waals surface area contributed by atoms with Crippen LogP contribution in [0.25, 0.3) is 0 Å². The quantitative estimate of drug-likeness (QED) is 0.603. The van der Waals surface area contributed by atoms with E-state index < -0.39 is 0 Å². The van der Waals surface area contributed by atoms with Crippen LogP contribution in [0.4, 0.5) is 0 Å². The Morgan fingerprint density at radius 3 is 2.53 bits per heavy atom. The van der Waals surface area contributed by atoms with Crippen LogP contribution in [0.15, 0.2) is 11.6 Å². The van der Waals surface area contributed by atoms with Gasteiger partial charge in [0.2, 0.25) is 0 Å². The Labute approximate surface area is 106 Å². The summed E-state index contributed by atoms with van der Waals surface area (Å²) in [4.78, 5) is 2.63. The maximum atomic E-state index is 6.12. The van der Waals surface area contributed by atoms with Crippen molar-refractivity contribution in [3.63, 3.8) is 0 Å². The highest BCUT2D eigenvalue weighted by Crippen LogP contribution is 2.35. The van der Waals surface area contributed by atoms with Crippen LogP contribution in [0, 0.1) is 5.41 Å². The Bertz CT molecular complexity index is 262. The zero-order chi connectivity index (χ0) is 12.1. The number of hydrogen-bond donors (Lipinski definition) is 1. The van der Waals surface area contributed by atoms with Gasteiger partial charge in [-0.25, -0.2) is 0 Å². The summed E-state index contributed by atoms with van der Waals surface area (Å²) in [6.45, 7) is 6.77. The molecule has 0 spiro atoms. The average molecular weight is 236 g/mol. The molecule has 1 heterocycles. The third-order valence-corrected chi connectivity index (χ3v) is 4.57. The lowest BCUT2D eigenvalue weighted by atomic mass is 9.79. The molecule has 0 saturated heterocycles. The van der Waals surface area contributed by atoms with Crippen molar-refractivity contribution in [1.82, 2.24) is 4.90 Å². The van der Waals surface area contributed by atoms with Gasteiger partial charge in [-0.05, 0) is 38.1 Å². The van der Waals surface area contributed by atoms with Gasteiger partial charge in [-0.1, -0.05) is 37.3 Å². The lowest BCUT2D eigenvalue weighted by Crippen LogP contribution is -2.44. The van der Waals surface area contributed by atoms with E-state index in [1.54, 1.807) is 0 Å². The van der Waals surface area contributed by atoms with Gasteiger partial charge in [-0.3, -0.25) is 4.90 Å². The fraction of sp³-hybridized carbons (Fsp3) is 0.867. The molecule has 1 aliphatic heterocycles. The number of nitrogens with zero attached hydrogens (tertiary/aromatic N) is 1. The highest BCUT2D eigenvalue weighted by atomic mass is 15.1. The van der Waals surface area contributed by atoms with Crippen LogP contribution >= 0.6 is 0 Å². The van der Waals surface area contributed by atoms with Crippen LogP contribution in [-0.4, -0.2) is 31.1 Å². The molecule has 1 fully saturated rings. The summed E-state index contributed by atoms with van der Waals surface area (Å²) in [5.41, 5.74) is 8.08. The van der Waals surface area contributed by atoms with E-state index in [9.17, 15) is 0 Å². The second-order valence-corrected chi connectivity index (χ2v) is 6.17. The molecule has 0 amide bonds. The summed E-state index contributed by atoms with van der Waals surface area (Å²) in [6, 6.07) is 0. The van der Waals surface area contributed by atoms with Gasteiger partial charge in [0, 0.05) is 19.6 Å². The predicted molar refractivity (Wildman–Crippen MR) is 74.0 cm³/mol. The monoisotopic (exact) mass is 236 g/mol. The van der Waals surface area contributed by atoms with Gasteiger partial charge in [-0.15, -0.1) is 0 Å². The molecule has 0 atom stereocenters. The van der Waals surface area contributed by atoms with Gasteiger partial charge in [0.25, 0.3) is 0 Å². The molecule has 2 aliphatic rings. The van der Waals surface area contributed by atoms with Crippen LogP contribution in [-0.2, 0) is 0 Å². The van der Waals surface area contributed by atoms with Gasteiger partial charge in [-0.2, -0.15) is 0 Å². The Kier molecular flexibility index (Phi) is 4.63. The van der Waals surface area contributed by atoms with Crippen molar-refractivity contribution in [1.29, 1.82) is 0 Å². The maximum absolute atomic E-state index is 6.12. The second kappa shape index (κ2) is 6.01. The van der Waals surface area contributed by atoms with E-state index in [-0.39, 0.29) is 0 Å². The van der Waals surface area contributed by atoms with E-state index in [4.69, 9.17) is 5.73 Å². The Morgan fingerprint density at radius 2 is 1.94 bits per heavy atom. The summed E-state index contributed by atoms with van der Waals surface area (Å²) < 4.78 is 0. The smallest absolute Gasteiger partial charge is 0.0190 e. The SMILES string of the molecule is CC1=CCCN(CC2(CN)CCCCCC2)C1. The molecule has 2 rings (SSSR count). The van der Waals surface area contributed by atoms with Crippen molar-refractivity contribution in [3.8, 4) is 0 Å². The van der Waals surface area contributed by atoms with E-state index in [2.05, 4.69) is 17.9 Å². The topological polar surface area (TPSA) is 29.3 Å². The molecule has 2 N–H and O–H groups in total. The lowest BCUT2D eigenvalue weighted by molar-refractivity contribution is 0.141. The van der Waals surface area contributed by atoms with E-state index in [1.807, 2.05) is 0 Å². The van der Waals surface area contributed by atoms with E-state index in [1.165, 1.54) is 70.2 Å². The lowest BCUT2D eigenvalue weighted by Gasteiger charge is -2.38. The maximum Gasteiger partial charge on any atom is 0.0190 e. The molecule has 98 valence electrons. The van der Waals surface area contributed by atoms with E-state index >= 15 is 0 Å². The number of nitrogens with two attached hydrogens (primary N) is 1. The van der Waals surface area contributed by atoms with Crippen molar-refractivity contribution in [2.75, 3.05) is 26.2 Å². The molecule has 0 unspecified atom stereocenters. The summed E-state index contributed by atoms with van der Waals surface area (Å²) in [5.74, 6) is 0. The van der Waals surface area contributed by atoms with Crippen LogP contribution in [0.1, 0.15) is 51.9 Å². The molecule has 2 nitrogen and oxygen atoms in total. The summed E-state index contributed by atoms with van der Waals surface area (Å²) in [6.07, 6.45) is 11.9. The molecule has 0 aromatic rings. The highest BCUT2D eigenvalue weighted by Gasteiger charge is 2.31. The molecule has 0 radical (unpaired) electrons. The molecule has 1 aliphatic carbocycles. The summed E-state index contributed by atoms with van der Waals surface area (Å²) >= 11 is 0. The van der Waals surface area contributed by atoms with Crippen molar-refractivity contribution < 1.29 is 0 Å². The Balaban J connectivity index is 1.95. The van der Waals surface area contributed by atoms with Crippen molar-refractivity contribution >= 4 is 0 Å². The Morgan fingerprint density at radius 1 is 1.24 bits per heavy atom. The number of rotatable bonds is 3. The molecular weight excluding hydrogens is 208 g/mol. The average Bonchev–Trinajstić information content (AvgIpc) is 2.55. The van der Waals surface area contributed by atoms with Gasteiger partial charge in [0.05, 0.1) is 0 Å². The van der Waals surface area contributed by atoms with Crippen molar-refractivity contribution in [2.24, 2.45) is 11.1 Å². The first-order valence-corrected chi connectivity index (χ1v) is 7.32. The van der Waals surface area contributed by atoms with E-state index in [0.717, 1.165) is 6.54 Å². The summed E-state index contributed by atoms with van der Waals surface area (Å²) in [7, 11) is 0. The van der Waals surface area contributed by atoms with Crippen LogP contribution < -0.4 is 5.73 Å². The summed E-state index contributed by atoms with van der Waals surface area (Å²) in [5, 5.41) is 0. The normalized spacial score (nSPS) is 26.4. The predicted octanol–water partition coefficient (Wildman–Crippen LogP) is 2.94. The molecule has 2 heteroatoms. The second-order valence-electron chi connectivity index (χ2n) is 6.17. The third-order valence-electron chi connectivity index (χ3n) is 4.57. The molecule has 1 saturated carbocycles.